The van der Waals surface area contributed by atoms with E-state index in [2.05, 4.69) is 14.5 Å². The largest absolute Gasteiger partial charge is 0.322 e. The third kappa shape index (κ3) is 2.36. The number of alkyl halides is 1. The zero-order valence-corrected chi connectivity index (χ0v) is 12.6. The van der Waals surface area contributed by atoms with Crippen LogP contribution in [0.3, 0.4) is 0 Å². The van der Waals surface area contributed by atoms with E-state index in [1.165, 1.54) is 4.88 Å². The Morgan fingerprint density at radius 1 is 1.37 bits per heavy atom. The summed E-state index contributed by atoms with van der Waals surface area (Å²) in [5.41, 5.74) is 4.85. The number of halogens is 2. The normalized spacial score (nSPS) is 11.3. The number of imidazole rings is 1. The maximum Gasteiger partial charge on any atom is 0.125 e. The van der Waals surface area contributed by atoms with Gasteiger partial charge in [-0.3, -0.25) is 0 Å². The molecule has 0 atom stereocenters. The summed E-state index contributed by atoms with van der Waals surface area (Å²) in [6, 6.07) is 5.72. The average Bonchev–Trinajstić information content (AvgIpc) is 2.94. The van der Waals surface area contributed by atoms with Gasteiger partial charge >= 0.3 is 0 Å². The molecule has 1 aromatic carbocycles. The Hall–Kier alpha value is -1.10. The Labute approximate surface area is 124 Å². The maximum atomic E-state index is 6.00. The molecule has 0 fully saturated rings. The number of thiazole rings is 1. The van der Waals surface area contributed by atoms with Gasteiger partial charge < -0.3 is 4.57 Å². The first kappa shape index (κ1) is 12.9. The van der Waals surface area contributed by atoms with Crippen molar-refractivity contribution in [2.24, 2.45) is 0 Å². The SMILES string of the molecule is Cc1ncsc1Cn1c(CCl)nc2cc(Cl)ccc21. The van der Waals surface area contributed by atoms with E-state index in [-0.39, 0.29) is 0 Å². The second kappa shape index (κ2) is 5.12. The Bertz CT molecular complexity index is 733. The Morgan fingerprint density at radius 3 is 2.89 bits per heavy atom. The first-order chi connectivity index (χ1) is 9.19. The first-order valence-corrected chi connectivity index (χ1v) is 7.58. The number of aryl methyl sites for hydroxylation is 1. The van der Waals surface area contributed by atoms with Crippen LogP contribution in [0.4, 0.5) is 0 Å². The molecule has 0 aliphatic rings. The topological polar surface area (TPSA) is 30.7 Å². The number of nitrogens with zero attached hydrogens (tertiary/aromatic N) is 3. The van der Waals surface area contributed by atoms with E-state index in [0.717, 1.165) is 29.1 Å². The summed E-state index contributed by atoms with van der Waals surface area (Å²) in [6.07, 6.45) is 0. The fraction of sp³-hybridized carbons (Fsp3) is 0.231. The van der Waals surface area contributed by atoms with Gasteiger partial charge in [-0.1, -0.05) is 11.6 Å². The van der Waals surface area contributed by atoms with E-state index >= 15 is 0 Å². The molecular weight excluding hydrogens is 301 g/mol. The van der Waals surface area contributed by atoms with E-state index in [4.69, 9.17) is 23.2 Å². The lowest BCUT2D eigenvalue weighted by Gasteiger charge is -2.06. The van der Waals surface area contributed by atoms with Crippen molar-refractivity contribution in [2.75, 3.05) is 0 Å². The third-order valence-electron chi connectivity index (χ3n) is 3.06. The van der Waals surface area contributed by atoms with Gasteiger partial charge in [-0.15, -0.1) is 22.9 Å². The summed E-state index contributed by atoms with van der Waals surface area (Å²) >= 11 is 13.6. The van der Waals surface area contributed by atoms with Crippen LogP contribution in [0, 0.1) is 6.92 Å². The van der Waals surface area contributed by atoms with E-state index < -0.39 is 0 Å². The summed E-state index contributed by atoms with van der Waals surface area (Å²) in [5.74, 6) is 1.23. The molecule has 0 amide bonds. The zero-order valence-electron chi connectivity index (χ0n) is 10.2. The number of aromatic nitrogens is 3. The molecule has 0 unspecified atom stereocenters. The summed E-state index contributed by atoms with van der Waals surface area (Å²) in [7, 11) is 0. The van der Waals surface area contributed by atoms with Gasteiger partial charge in [0.1, 0.15) is 5.82 Å². The van der Waals surface area contributed by atoms with Crippen LogP contribution < -0.4 is 0 Å². The van der Waals surface area contributed by atoms with E-state index in [1.54, 1.807) is 11.3 Å². The third-order valence-corrected chi connectivity index (χ3v) is 4.45. The maximum absolute atomic E-state index is 6.00. The molecule has 19 heavy (non-hydrogen) atoms. The van der Waals surface area contributed by atoms with Crippen LogP contribution >= 0.6 is 34.5 Å². The average molecular weight is 312 g/mol. The molecule has 3 rings (SSSR count). The highest BCUT2D eigenvalue weighted by atomic mass is 35.5. The van der Waals surface area contributed by atoms with Crippen LogP contribution in [0.2, 0.25) is 5.02 Å². The fourth-order valence-electron chi connectivity index (χ4n) is 2.05. The highest BCUT2D eigenvalue weighted by molar-refractivity contribution is 7.09. The molecule has 0 saturated carbocycles. The molecule has 6 heteroatoms. The molecule has 2 heterocycles. The highest BCUT2D eigenvalue weighted by Gasteiger charge is 2.12. The van der Waals surface area contributed by atoms with Crippen LogP contribution in [0.15, 0.2) is 23.7 Å². The van der Waals surface area contributed by atoms with Crippen molar-refractivity contribution in [3.05, 3.63) is 45.1 Å². The highest BCUT2D eigenvalue weighted by Crippen LogP contribution is 2.24. The molecule has 0 bridgehead atoms. The molecule has 98 valence electrons. The lowest BCUT2D eigenvalue weighted by molar-refractivity contribution is 0.783. The van der Waals surface area contributed by atoms with Crippen LogP contribution in [0.1, 0.15) is 16.4 Å². The zero-order chi connectivity index (χ0) is 13.4. The van der Waals surface area contributed by atoms with E-state index in [0.29, 0.717) is 10.9 Å². The van der Waals surface area contributed by atoms with Crippen molar-refractivity contribution < 1.29 is 0 Å². The lowest BCUT2D eigenvalue weighted by Crippen LogP contribution is -2.03. The van der Waals surface area contributed by atoms with Gasteiger partial charge in [0.2, 0.25) is 0 Å². The monoisotopic (exact) mass is 311 g/mol. The van der Waals surface area contributed by atoms with Crippen molar-refractivity contribution in [3.63, 3.8) is 0 Å². The molecule has 0 radical (unpaired) electrons. The van der Waals surface area contributed by atoms with E-state index in [9.17, 15) is 0 Å². The molecule has 3 nitrogen and oxygen atoms in total. The van der Waals surface area contributed by atoms with Crippen LogP contribution in [-0.2, 0) is 12.4 Å². The van der Waals surface area contributed by atoms with Crippen molar-refractivity contribution in [1.29, 1.82) is 0 Å². The number of rotatable bonds is 3. The van der Waals surface area contributed by atoms with Gasteiger partial charge in [0.15, 0.2) is 0 Å². The summed E-state index contributed by atoms with van der Waals surface area (Å²) in [4.78, 5) is 10.0. The molecule has 3 aromatic rings. The van der Waals surface area contributed by atoms with Crippen molar-refractivity contribution in [1.82, 2.24) is 14.5 Å². The fourth-order valence-corrected chi connectivity index (χ4v) is 3.19. The number of fused-ring (bicyclic) bond motifs is 1. The van der Waals surface area contributed by atoms with Crippen molar-refractivity contribution in [2.45, 2.75) is 19.3 Å². The quantitative estimate of drug-likeness (QED) is 0.677. The Balaban J connectivity index is 2.13. The lowest BCUT2D eigenvalue weighted by atomic mass is 10.3. The number of hydrogen-bond acceptors (Lipinski definition) is 3. The van der Waals surface area contributed by atoms with Crippen molar-refractivity contribution >= 4 is 45.6 Å². The molecule has 0 aliphatic heterocycles. The smallest absolute Gasteiger partial charge is 0.125 e. The van der Waals surface area contributed by atoms with Gasteiger partial charge in [-0.05, 0) is 25.1 Å². The van der Waals surface area contributed by atoms with Crippen LogP contribution in [0.5, 0.6) is 0 Å². The molecule has 2 aromatic heterocycles. The molecule has 0 spiro atoms. The van der Waals surface area contributed by atoms with Crippen LogP contribution in [0.25, 0.3) is 11.0 Å². The molecule has 0 N–H and O–H groups in total. The minimum absolute atomic E-state index is 0.379. The number of benzene rings is 1. The minimum atomic E-state index is 0.379. The number of hydrogen-bond donors (Lipinski definition) is 0. The first-order valence-electron chi connectivity index (χ1n) is 5.78. The Kier molecular flexibility index (Phi) is 3.48. The standard InChI is InChI=1S/C13H11Cl2N3S/c1-8-12(19-7-16-8)6-18-11-3-2-9(15)4-10(11)17-13(18)5-14/h2-4,7H,5-6H2,1H3. The van der Waals surface area contributed by atoms with E-state index in [1.807, 2.05) is 30.6 Å². The summed E-state index contributed by atoms with van der Waals surface area (Å²) in [5, 5.41) is 0.687. The van der Waals surface area contributed by atoms with Gasteiger partial charge in [0, 0.05) is 9.90 Å². The second-order valence-corrected chi connectivity index (χ2v) is 5.88. The van der Waals surface area contributed by atoms with Gasteiger partial charge in [0.25, 0.3) is 0 Å². The van der Waals surface area contributed by atoms with Crippen LogP contribution in [-0.4, -0.2) is 14.5 Å². The predicted octanol–water partition coefficient (Wildman–Crippen LogP) is 4.24. The Morgan fingerprint density at radius 2 is 2.21 bits per heavy atom. The summed E-state index contributed by atoms with van der Waals surface area (Å²) < 4.78 is 2.12. The van der Waals surface area contributed by atoms with Crippen molar-refractivity contribution in [3.8, 4) is 0 Å². The van der Waals surface area contributed by atoms with Gasteiger partial charge in [0.05, 0.1) is 34.7 Å². The van der Waals surface area contributed by atoms with Gasteiger partial charge in [-0.25, -0.2) is 9.97 Å². The predicted molar refractivity (Wildman–Crippen MR) is 80.3 cm³/mol. The molecule has 0 aliphatic carbocycles. The molecule has 0 saturated heterocycles. The second-order valence-electron chi connectivity index (χ2n) is 4.24. The minimum Gasteiger partial charge on any atom is -0.322 e. The molecular formula is C13H11Cl2N3S. The van der Waals surface area contributed by atoms with Gasteiger partial charge in [-0.2, -0.15) is 0 Å². The summed E-state index contributed by atoms with van der Waals surface area (Å²) in [6.45, 7) is 2.76.